The fraction of sp³-hybridized carbons (Fsp3) is 0.348. The number of nitrogens with zero attached hydrogens (tertiary/aromatic N) is 2. The predicted octanol–water partition coefficient (Wildman–Crippen LogP) is 2.49. The monoisotopic (exact) mass is 425 g/mol. The van der Waals surface area contributed by atoms with Gasteiger partial charge in [-0.05, 0) is 44.0 Å². The molecule has 1 N–H and O–H groups in total. The third-order valence-corrected chi connectivity index (χ3v) is 5.60. The van der Waals surface area contributed by atoms with E-state index in [-0.39, 0.29) is 36.2 Å². The fourth-order valence-electron chi connectivity index (χ4n) is 4.13. The minimum atomic E-state index is -0.630. The number of hydrogen-bond donors (Lipinski definition) is 1. The number of para-hydroxylation sites is 1. The van der Waals surface area contributed by atoms with Crippen molar-refractivity contribution in [3.8, 4) is 5.75 Å². The molecular weight excluding hydrogens is 401 g/mol. The zero-order valence-electron chi connectivity index (χ0n) is 17.3. The van der Waals surface area contributed by atoms with E-state index in [0.29, 0.717) is 31.7 Å². The molecule has 1 saturated heterocycles. The number of hydrogen-bond acceptors (Lipinski definition) is 4. The van der Waals surface area contributed by atoms with Crippen LogP contribution in [0.3, 0.4) is 0 Å². The van der Waals surface area contributed by atoms with E-state index in [1.54, 1.807) is 0 Å². The zero-order chi connectivity index (χ0) is 22.0. The molecule has 2 heterocycles. The van der Waals surface area contributed by atoms with Crippen molar-refractivity contribution in [3.63, 3.8) is 0 Å². The smallest absolute Gasteiger partial charge is 0.256 e. The molecule has 0 radical (unpaired) electrons. The van der Waals surface area contributed by atoms with Gasteiger partial charge in [-0.15, -0.1) is 0 Å². The Balaban J connectivity index is 1.56. The van der Waals surface area contributed by atoms with Crippen LogP contribution in [0.4, 0.5) is 10.1 Å². The average Bonchev–Trinajstić information content (AvgIpc) is 3.23. The number of nitrogens with one attached hydrogen (secondary N) is 1. The number of halogens is 1. The zero-order valence-corrected chi connectivity index (χ0v) is 17.3. The van der Waals surface area contributed by atoms with Gasteiger partial charge >= 0.3 is 0 Å². The van der Waals surface area contributed by atoms with Crippen LogP contribution in [-0.2, 0) is 16.1 Å². The maximum Gasteiger partial charge on any atom is 0.256 e. The summed E-state index contributed by atoms with van der Waals surface area (Å²) in [5, 5.41) is 2.80. The van der Waals surface area contributed by atoms with Crippen LogP contribution in [0.1, 0.15) is 35.7 Å². The molecule has 0 unspecified atom stereocenters. The van der Waals surface area contributed by atoms with Crippen LogP contribution in [0.15, 0.2) is 42.5 Å². The summed E-state index contributed by atoms with van der Waals surface area (Å²) in [5.41, 5.74) is 1.17. The van der Waals surface area contributed by atoms with Crippen LogP contribution in [0.25, 0.3) is 0 Å². The Labute approximate surface area is 179 Å². The van der Waals surface area contributed by atoms with E-state index in [0.717, 1.165) is 11.6 Å². The lowest BCUT2D eigenvalue weighted by Gasteiger charge is -2.25. The number of fused-ring (bicyclic) bond motifs is 2. The predicted molar refractivity (Wildman–Crippen MR) is 112 cm³/mol. The van der Waals surface area contributed by atoms with Crippen LogP contribution < -0.4 is 15.0 Å². The highest BCUT2D eigenvalue weighted by Gasteiger charge is 2.42. The topological polar surface area (TPSA) is 79.0 Å². The highest BCUT2D eigenvalue weighted by Crippen LogP contribution is 2.32. The highest BCUT2D eigenvalue weighted by molar-refractivity contribution is 6.12. The average molecular weight is 425 g/mol. The Morgan fingerprint density at radius 3 is 2.84 bits per heavy atom. The molecule has 31 heavy (non-hydrogen) atoms. The first-order valence-corrected chi connectivity index (χ1v) is 10.4. The van der Waals surface area contributed by atoms with E-state index in [1.807, 2.05) is 31.2 Å². The van der Waals surface area contributed by atoms with Gasteiger partial charge in [0.15, 0.2) is 0 Å². The number of ether oxygens (including phenoxy) is 1. The summed E-state index contributed by atoms with van der Waals surface area (Å²) in [6.45, 7) is 2.78. The van der Waals surface area contributed by atoms with Gasteiger partial charge in [0.2, 0.25) is 11.8 Å². The maximum absolute atomic E-state index is 14.0. The third kappa shape index (κ3) is 4.10. The third-order valence-electron chi connectivity index (χ3n) is 5.60. The molecule has 8 heteroatoms. The molecular formula is C23H24FN3O4. The SMILES string of the molecule is CCOc1ccccc1CNC(=O)CN1C(=O)[C@H]2CCCN2C(=O)c2ccc(F)cc21. The molecule has 0 spiro atoms. The van der Waals surface area contributed by atoms with Gasteiger partial charge in [-0.25, -0.2) is 4.39 Å². The second-order valence-electron chi connectivity index (χ2n) is 7.56. The largest absolute Gasteiger partial charge is 0.494 e. The quantitative estimate of drug-likeness (QED) is 0.771. The van der Waals surface area contributed by atoms with Crippen molar-refractivity contribution in [2.75, 3.05) is 24.6 Å². The van der Waals surface area contributed by atoms with E-state index < -0.39 is 17.8 Å². The summed E-state index contributed by atoms with van der Waals surface area (Å²) in [7, 11) is 0. The fourth-order valence-corrected chi connectivity index (χ4v) is 4.13. The van der Waals surface area contributed by atoms with Crippen LogP contribution in [-0.4, -0.2) is 48.4 Å². The Bertz CT molecular complexity index is 1030. The van der Waals surface area contributed by atoms with E-state index in [4.69, 9.17) is 4.74 Å². The number of amides is 3. The van der Waals surface area contributed by atoms with Crippen LogP contribution in [0.2, 0.25) is 0 Å². The number of anilines is 1. The summed E-state index contributed by atoms with van der Waals surface area (Å²) in [5.74, 6) is -0.971. The van der Waals surface area contributed by atoms with Crippen molar-refractivity contribution < 1.29 is 23.5 Å². The molecule has 2 aliphatic rings. The first-order valence-electron chi connectivity index (χ1n) is 10.4. The van der Waals surface area contributed by atoms with E-state index in [2.05, 4.69) is 5.32 Å². The maximum atomic E-state index is 14.0. The molecule has 0 saturated carbocycles. The molecule has 2 aromatic carbocycles. The summed E-state index contributed by atoms with van der Waals surface area (Å²) >= 11 is 0. The molecule has 3 amide bonds. The second-order valence-corrected chi connectivity index (χ2v) is 7.56. The molecule has 0 aromatic heterocycles. The van der Waals surface area contributed by atoms with Crippen molar-refractivity contribution in [1.29, 1.82) is 0 Å². The molecule has 2 aromatic rings. The van der Waals surface area contributed by atoms with Crippen molar-refractivity contribution in [3.05, 3.63) is 59.4 Å². The number of benzene rings is 2. The molecule has 0 aliphatic carbocycles. The minimum Gasteiger partial charge on any atom is -0.494 e. The Kier molecular flexibility index (Phi) is 5.88. The molecule has 7 nitrogen and oxygen atoms in total. The van der Waals surface area contributed by atoms with Gasteiger partial charge in [-0.3, -0.25) is 14.4 Å². The van der Waals surface area contributed by atoms with Crippen molar-refractivity contribution >= 4 is 23.4 Å². The van der Waals surface area contributed by atoms with Gasteiger partial charge in [0.05, 0.1) is 17.9 Å². The number of carbonyl (C=O) groups excluding carboxylic acids is 3. The lowest BCUT2D eigenvalue weighted by molar-refractivity contribution is -0.125. The van der Waals surface area contributed by atoms with Gasteiger partial charge in [0, 0.05) is 18.7 Å². The van der Waals surface area contributed by atoms with Gasteiger partial charge < -0.3 is 19.9 Å². The van der Waals surface area contributed by atoms with Crippen LogP contribution >= 0.6 is 0 Å². The Morgan fingerprint density at radius 2 is 2.03 bits per heavy atom. The van der Waals surface area contributed by atoms with Gasteiger partial charge in [0.1, 0.15) is 24.2 Å². The summed E-state index contributed by atoms with van der Waals surface area (Å²) in [6, 6.07) is 10.5. The summed E-state index contributed by atoms with van der Waals surface area (Å²) in [6.07, 6.45) is 1.24. The molecule has 2 aliphatic heterocycles. The summed E-state index contributed by atoms with van der Waals surface area (Å²) < 4.78 is 19.6. The number of rotatable bonds is 6. The lowest BCUT2D eigenvalue weighted by Crippen LogP contribution is -2.48. The number of carbonyl (C=O) groups is 3. The lowest BCUT2D eigenvalue weighted by atomic mass is 10.1. The van der Waals surface area contributed by atoms with Gasteiger partial charge in [-0.1, -0.05) is 18.2 Å². The molecule has 1 atom stereocenters. The van der Waals surface area contributed by atoms with Crippen molar-refractivity contribution in [1.82, 2.24) is 10.2 Å². The van der Waals surface area contributed by atoms with E-state index >= 15 is 0 Å². The standard InChI is InChI=1S/C23H24FN3O4/c1-2-31-20-8-4-3-6-15(20)13-25-21(28)14-27-19-12-16(24)9-10-17(19)22(29)26-11-5-7-18(26)23(27)30/h3-4,6,8-10,12,18H,2,5,7,11,13-14H2,1H3,(H,25,28)/t18-/m1/s1. The van der Waals surface area contributed by atoms with Crippen LogP contribution in [0.5, 0.6) is 5.75 Å². The summed E-state index contributed by atoms with van der Waals surface area (Å²) in [4.78, 5) is 41.6. The van der Waals surface area contributed by atoms with Gasteiger partial charge in [-0.2, -0.15) is 0 Å². The molecule has 0 bridgehead atoms. The van der Waals surface area contributed by atoms with E-state index in [9.17, 15) is 18.8 Å². The first-order chi connectivity index (χ1) is 15.0. The first kappa shape index (κ1) is 20.8. The molecule has 1 fully saturated rings. The Hall–Kier alpha value is -3.42. The normalized spacial score (nSPS) is 17.8. The van der Waals surface area contributed by atoms with Gasteiger partial charge in [0.25, 0.3) is 5.91 Å². The minimum absolute atomic E-state index is 0.134. The van der Waals surface area contributed by atoms with Crippen molar-refractivity contribution in [2.24, 2.45) is 0 Å². The van der Waals surface area contributed by atoms with Crippen LogP contribution in [0, 0.1) is 5.82 Å². The molecule has 4 rings (SSSR count). The Morgan fingerprint density at radius 1 is 1.23 bits per heavy atom. The second kappa shape index (κ2) is 8.75. The van der Waals surface area contributed by atoms with E-state index in [1.165, 1.54) is 21.9 Å². The molecule has 162 valence electrons. The van der Waals surface area contributed by atoms with Crippen molar-refractivity contribution in [2.45, 2.75) is 32.4 Å². The highest BCUT2D eigenvalue weighted by atomic mass is 19.1.